The molecule has 2 aromatic heterocycles. The summed E-state index contributed by atoms with van der Waals surface area (Å²) in [6, 6.07) is 16.9. The minimum atomic E-state index is -0.555. The minimum Gasteiger partial charge on any atom is -0.496 e. The highest BCUT2D eigenvalue weighted by atomic mass is 16.5. The summed E-state index contributed by atoms with van der Waals surface area (Å²) in [4.78, 5) is 41.3. The minimum absolute atomic E-state index is 0.149. The molecule has 0 spiro atoms. The van der Waals surface area contributed by atoms with Gasteiger partial charge in [0, 0.05) is 19.8 Å². The van der Waals surface area contributed by atoms with Crippen molar-refractivity contribution in [2.45, 2.75) is 13.0 Å². The number of rotatable bonds is 7. The van der Waals surface area contributed by atoms with Gasteiger partial charge in [-0.25, -0.2) is 4.79 Å². The highest BCUT2D eigenvalue weighted by Crippen LogP contribution is 2.18. The Hall–Kier alpha value is -4.07. The molecule has 2 aromatic carbocycles. The van der Waals surface area contributed by atoms with Gasteiger partial charge in [0.15, 0.2) is 0 Å². The van der Waals surface area contributed by atoms with Crippen LogP contribution in [-0.4, -0.2) is 33.7 Å². The van der Waals surface area contributed by atoms with Crippen LogP contribution in [-0.2, 0) is 20.0 Å². The number of methoxy groups -OCH3 is 1. The van der Waals surface area contributed by atoms with Crippen LogP contribution in [0, 0.1) is 0 Å². The molecule has 0 saturated heterocycles. The predicted octanol–water partition coefficient (Wildman–Crippen LogP) is 2.06. The second kappa shape index (κ2) is 8.97. The summed E-state index contributed by atoms with van der Waals surface area (Å²) >= 11 is 0. The summed E-state index contributed by atoms with van der Waals surface area (Å²) in [7, 11) is 3.29. The van der Waals surface area contributed by atoms with Crippen molar-refractivity contribution in [3.8, 4) is 5.75 Å². The maximum absolute atomic E-state index is 13.1. The molecule has 0 saturated carbocycles. The van der Waals surface area contributed by atoms with Gasteiger partial charge in [-0.2, -0.15) is 0 Å². The van der Waals surface area contributed by atoms with E-state index in [1.54, 1.807) is 24.9 Å². The Kier molecular flexibility index (Phi) is 5.93. The summed E-state index contributed by atoms with van der Waals surface area (Å²) in [5.41, 5.74) is 1.58. The summed E-state index contributed by atoms with van der Waals surface area (Å²) in [5, 5.41) is 2.86. The Balaban J connectivity index is 1.59. The van der Waals surface area contributed by atoms with Crippen LogP contribution in [0.15, 0.2) is 70.4 Å². The molecule has 164 valence electrons. The van der Waals surface area contributed by atoms with Crippen LogP contribution in [0.1, 0.15) is 21.5 Å². The van der Waals surface area contributed by atoms with E-state index in [0.29, 0.717) is 13.0 Å². The van der Waals surface area contributed by atoms with Gasteiger partial charge < -0.3 is 19.6 Å². The van der Waals surface area contributed by atoms with Gasteiger partial charge >= 0.3 is 5.69 Å². The summed E-state index contributed by atoms with van der Waals surface area (Å²) in [5.74, 6) is 0.400. The lowest BCUT2D eigenvalue weighted by Gasteiger charge is -2.09. The van der Waals surface area contributed by atoms with Gasteiger partial charge in [-0.1, -0.05) is 48.5 Å². The van der Waals surface area contributed by atoms with Crippen LogP contribution in [0.4, 0.5) is 0 Å². The van der Waals surface area contributed by atoms with E-state index in [9.17, 15) is 14.4 Å². The number of nitrogens with one attached hydrogen (secondary N) is 2. The van der Waals surface area contributed by atoms with E-state index in [1.807, 2.05) is 54.6 Å². The predicted molar refractivity (Wildman–Crippen MR) is 122 cm³/mol. The maximum Gasteiger partial charge on any atom is 0.329 e. The lowest BCUT2D eigenvalue weighted by Crippen LogP contribution is -2.36. The molecule has 0 bridgehead atoms. The van der Waals surface area contributed by atoms with Gasteiger partial charge in [0.25, 0.3) is 11.5 Å². The second-order valence-electron chi connectivity index (χ2n) is 7.50. The molecule has 2 N–H and O–H groups in total. The SMILES string of the molecule is COc1ccccc1CCNC(=O)c1cn(C)c2c(=O)n(Cc3ccccc3)c(=O)[nH]c12. The average Bonchev–Trinajstić information content (AvgIpc) is 3.13. The monoisotopic (exact) mass is 432 g/mol. The maximum atomic E-state index is 13.1. The van der Waals surface area contributed by atoms with Crippen molar-refractivity contribution in [2.75, 3.05) is 13.7 Å². The highest BCUT2D eigenvalue weighted by molar-refractivity contribution is 6.05. The molecule has 0 aliphatic carbocycles. The van der Waals surface area contributed by atoms with Crippen LogP contribution in [0.2, 0.25) is 0 Å². The van der Waals surface area contributed by atoms with E-state index in [1.165, 1.54) is 0 Å². The third-order valence-electron chi connectivity index (χ3n) is 5.41. The Morgan fingerprint density at radius 2 is 1.78 bits per heavy atom. The van der Waals surface area contributed by atoms with E-state index < -0.39 is 11.2 Å². The number of fused-ring (bicyclic) bond motifs is 1. The number of amides is 1. The molecule has 0 atom stereocenters. The fourth-order valence-corrected chi connectivity index (χ4v) is 3.80. The van der Waals surface area contributed by atoms with Crippen molar-refractivity contribution in [2.24, 2.45) is 7.05 Å². The molecule has 4 aromatic rings. The van der Waals surface area contributed by atoms with Crippen LogP contribution >= 0.6 is 0 Å². The number of nitrogens with zero attached hydrogens (tertiary/aromatic N) is 2. The molecule has 0 aliphatic rings. The van der Waals surface area contributed by atoms with Gasteiger partial charge in [0.1, 0.15) is 11.3 Å². The number of ether oxygens (including phenoxy) is 1. The first kappa shape index (κ1) is 21.2. The first-order valence-electron chi connectivity index (χ1n) is 10.3. The van der Waals surface area contributed by atoms with E-state index in [2.05, 4.69) is 10.3 Å². The molecule has 0 fully saturated rings. The molecule has 0 radical (unpaired) electrons. The Labute approximate surface area is 184 Å². The number of carbonyl (C=O) groups is 1. The summed E-state index contributed by atoms with van der Waals surface area (Å²) in [6.45, 7) is 0.529. The number of aromatic nitrogens is 3. The molecule has 0 unspecified atom stereocenters. The van der Waals surface area contributed by atoms with Gasteiger partial charge in [-0.3, -0.25) is 14.2 Å². The zero-order chi connectivity index (χ0) is 22.7. The fraction of sp³-hybridized carbons (Fsp3) is 0.208. The van der Waals surface area contributed by atoms with Gasteiger partial charge in [0.05, 0.1) is 24.7 Å². The Morgan fingerprint density at radius 1 is 1.06 bits per heavy atom. The number of aromatic amines is 1. The number of H-pyrrole nitrogens is 1. The first-order valence-corrected chi connectivity index (χ1v) is 10.3. The van der Waals surface area contributed by atoms with Crippen molar-refractivity contribution < 1.29 is 9.53 Å². The van der Waals surface area contributed by atoms with Gasteiger partial charge in [-0.15, -0.1) is 0 Å². The molecule has 8 heteroatoms. The zero-order valence-corrected chi connectivity index (χ0v) is 17.9. The first-order chi connectivity index (χ1) is 15.5. The summed E-state index contributed by atoms with van der Waals surface area (Å²) in [6.07, 6.45) is 2.15. The van der Waals surface area contributed by atoms with E-state index in [0.717, 1.165) is 21.4 Å². The second-order valence-corrected chi connectivity index (χ2v) is 7.50. The average molecular weight is 432 g/mol. The molecule has 2 heterocycles. The number of hydrogen-bond donors (Lipinski definition) is 2. The number of hydrogen-bond acceptors (Lipinski definition) is 4. The van der Waals surface area contributed by atoms with Crippen molar-refractivity contribution >= 4 is 16.9 Å². The molecular weight excluding hydrogens is 408 g/mol. The van der Waals surface area contributed by atoms with Crippen LogP contribution in [0.3, 0.4) is 0 Å². The molecule has 0 aliphatic heterocycles. The van der Waals surface area contributed by atoms with Crippen molar-refractivity contribution in [3.05, 3.63) is 98.3 Å². The molecular formula is C24H24N4O4. The molecule has 8 nitrogen and oxygen atoms in total. The van der Waals surface area contributed by atoms with E-state index in [4.69, 9.17) is 4.74 Å². The quantitative estimate of drug-likeness (QED) is 0.467. The zero-order valence-electron chi connectivity index (χ0n) is 17.9. The molecule has 4 rings (SSSR count). The highest BCUT2D eigenvalue weighted by Gasteiger charge is 2.19. The van der Waals surface area contributed by atoms with Crippen molar-refractivity contribution in [1.29, 1.82) is 0 Å². The fourth-order valence-electron chi connectivity index (χ4n) is 3.80. The van der Waals surface area contributed by atoms with E-state index in [-0.39, 0.29) is 29.0 Å². The smallest absolute Gasteiger partial charge is 0.329 e. The Morgan fingerprint density at radius 3 is 2.53 bits per heavy atom. The van der Waals surface area contributed by atoms with Crippen molar-refractivity contribution in [3.63, 3.8) is 0 Å². The number of para-hydroxylation sites is 1. The summed E-state index contributed by atoms with van der Waals surface area (Å²) < 4.78 is 8.05. The van der Waals surface area contributed by atoms with Crippen LogP contribution in [0.25, 0.3) is 11.0 Å². The third-order valence-corrected chi connectivity index (χ3v) is 5.41. The Bertz CT molecular complexity index is 1380. The van der Waals surface area contributed by atoms with E-state index >= 15 is 0 Å². The normalized spacial score (nSPS) is 10.9. The lowest BCUT2D eigenvalue weighted by molar-refractivity contribution is 0.0955. The van der Waals surface area contributed by atoms with Gasteiger partial charge in [-0.05, 0) is 23.6 Å². The molecule has 32 heavy (non-hydrogen) atoms. The van der Waals surface area contributed by atoms with Crippen LogP contribution < -0.4 is 21.3 Å². The lowest BCUT2D eigenvalue weighted by atomic mass is 10.1. The largest absolute Gasteiger partial charge is 0.496 e. The number of benzene rings is 2. The van der Waals surface area contributed by atoms with Crippen LogP contribution in [0.5, 0.6) is 5.75 Å². The van der Waals surface area contributed by atoms with Gasteiger partial charge in [0.2, 0.25) is 0 Å². The standard InChI is InChI=1S/C24H24N4O4/c1-27-15-18(22(29)25-13-12-17-10-6-7-11-19(17)32-2)20-21(27)23(30)28(24(31)26-20)14-16-8-4-3-5-9-16/h3-11,15H,12-14H2,1-2H3,(H,25,29)(H,26,31). The molecule has 1 amide bonds. The number of carbonyl (C=O) groups excluding carboxylic acids is 1. The van der Waals surface area contributed by atoms with Crippen molar-refractivity contribution in [1.82, 2.24) is 19.4 Å². The number of aryl methyl sites for hydroxylation is 1. The topological polar surface area (TPSA) is 98.1 Å². The third kappa shape index (κ3) is 4.07.